The summed E-state index contributed by atoms with van der Waals surface area (Å²) in [6, 6.07) is 5.25. The summed E-state index contributed by atoms with van der Waals surface area (Å²) in [5.74, 6) is 0.119. The van der Waals surface area contributed by atoms with E-state index in [0.29, 0.717) is 22.6 Å². The van der Waals surface area contributed by atoms with E-state index < -0.39 is 5.97 Å². The summed E-state index contributed by atoms with van der Waals surface area (Å²) >= 11 is 0. The molecule has 0 aliphatic heterocycles. The van der Waals surface area contributed by atoms with Crippen LogP contribution in [0.4, 0.5) is 0 Å². The molecule has 0 saturated heterocycles. The lowest BCUT2D eigenvalue weighted by atomic mass is 10.0. The number of aromatic carboxylic acids is 1. The molecule has 6 nitrogen and oxygen atoms in total. The molecule has 6 heteroatoms. The van der Waals surface area contributed by atoms with E-state index in [1.807, 2.05) is 6.92 Å². The lowest BCUT2D eigenvalue weighted by Gasteiger charge is -2.10. The second kappa shape index (κ2) is 5.24. The average molecular weight is 276 g/mol. The number of hydrogen-bond donors (Lipinski definition) is 1. The Bertz CT molecular complexity index is 661. The number of carbonyl (C=O) groups is 1. The molecule has 0 radical (unpaired) electrons. The van der Waals surface area contributed by atoms with Crippen LogP contribution in [-0.2, 0) is 7.05 Å². The van der Waals surface area contributed by atoms with Gasteiger partial charge in [-0.25, -0.2) is 4.79 Å². The maximum Gasteiger partial charge on any atom is 0.357 e. The maximum absolute atomic E-state index is 11.3. The van der Waals surface area contributed by atoms with Crippen molar-refractivity contribution < 1.29 is 19.4 Å². The Morgan fingerprint density at radius 2 is 2.00 bits per heavy atom. The molecule has 1 N–H and O–H groups in total. The van der Waals surface area contributed by atoms with Crippen LogP contribution >= 0.6 is 0 Å². The van der Waals surface area contributed by atoms with Gasteiger partial charge < -0.3 is 14.6 Å². The molecule has 0 aliphatic carbocycles. The molecule has 0 saturated carbocycles. The first kappa shape index (κ1) is 13.9. The molecule has 0 atom stereocenters. The van der Waals surface area contributed by atoms with E-state index in [1.165, 1.54) is 7.11 Å². The van der Waals surface area contributed by atoms with E-state index in [0.717, 1.165) is 5.69 Å². The number of aryl methyl sites for hydroxylation is 1. The fourth-order valence-electron chi connectivity index (χ4n) is 2.09. The highest BCUT2D eigenvalue weighted by Crippen LogP contribution is 2.36. The highest BCUT2D eigenvalue weighted by molar-refractivity contribution is 5.96. The zero-order chi connectivity index (χ0) is 14.9. The van der Waals surface area contributed by atoms with Crippen LogP contribution in [0.2, 0.25) is 0 Å². The minimum Gasteiger partial charge on any atom is -0.497 e. The van der Waals surface area contributed by atoms with Crippen molar-refractivity contribution in [1.29, 1.82) is 0 Å². The molecule has 1 aromatic carbocycles. The number of ether oxygens (including phenoxy) is 2. The van der Waals surface area contributed by atoms with Crippen molar-refractivity contribution in [2.24, 2.45) is 7.05 Å². The van der Waals surface area contributed by atoms with Crippen LogP contribution in [-0.4, -0.2) is 35.1 Å². The summed E-state index contributed by atoms with van der Waals surface area (Å²) in [4.78, 5) is 11.3. The van der Waals surface area contributed by atoms with Gasteiger partial charge >= 0.3 is 5.97 Å². The Morgan fingerprint density at radius 1 is 1.30 bits per heavy atom. The molecule has 0 unspecified atom stereocenters. The zero-order valence-corrected chi connectivity index (χ0v) is 11.8. The predicted molar refractivity (Wildman–Crippen MR) is 73.4 cm³/mol. The number of carboxylic acid groups (broad SMARTS) is 1. The van der Waals surface area contributed by atoms with Gasteiger partial charge in [-0.2, -0.15) is 5.10 Å². The van der Waals surface area contributed by atoms with Gasteiger partial charge in [-0.1, -0.05) is 0 Å². The molecule has 0 aliphatic rings. The van der Waals surface area contributed by atoms with Crippen LogP contribution < -0.4 is 9.47 Å². The van der Waals surface area contributed by atoms with Crippen molar-refractivity contribution in [3.63, 3.8) is 0 Å². The van der Waals surface area contributed by atoms with E-state index in [1.54, 1.807) is 37.0 Å². The van der Waals surface area contributed by atoms with Crippen LogP contribution in [0, 0.1) is 6.92 Å². The van der Waals surface area contributed by atoms with Gasteiger partial charge in [0.1, 0.15) is 11.5 Å². The lowest BCUT2D eigenvalue weighted by Crippen LogP contribution is -2.01. The largest absolute Gasteiger partial charge is 0.497 e. The number of rotatable bonds is 4. The molecular weight excluding hydrogens is 260 g/mol. The SMILES string of the molecule is COc1ccc(-c2c(C(=O)O)nn(C)c2C)c(OC)c1. The molecule has 2 aromatic rings. The number of carboxylic acids is 1. The van der Waals surface area contributed by atoms with Crippen molar-refractivity contribution >= 4 is 5.97 Å². The summed E-state index contributed by atoms with van der Waals surface area (Å²) in [7, 11) is 4.80. The second-order valence-electron chi connectivity index (χ2n) is 4.30. The first-order chi connectivity index (χ1) is 9.49. The Kier molecular flexibility index (Phi) is 3.65. The van der Waals surface area contributed by atoms with Gasteiger partial charge in [0.15, 0.2) is 5.69 Å². The van der Waals surface area contributed by atoms with E-state index in [2.05, 4.69) is 5.10 Å². The first-order valence-electron chi connectivity index (χ1n) is 5.98. The van der Waals surface area contributed by atoms with Gasteiger partial charge in [0.25, 0.3) is 0 Å². The van der Waals surface area contributed by atoms with Crippen molar-refractivity contribution in [1.82, 2.24) is 9.78 Å². The second-order valence-corrected chi connectivity index (χ2v) is 4.30. The number of benzene rings is 1. The van der Waals surface area contributed by atoms with Gasteiger partial charge in [-0.05, 0) is 19.1 Å². The van der Waals surface area contributed by atoms with Crippen LogP contribution in [0.3, 0.4) is 0 Å². The number of nitrogens with zero attached hydrogens (tertiary/aromatic N) is 2. The fraction of sp³-hybridized carbons (Fsp3) is 0.286. The quantitative estimate of drug-likeness (QED) is 0.925. The standard InChI is InChI=1S/C14H16N2O4/c1-8-12(13(14(17)18)15-16(8)2)10-6-5-9(19-3)7-11(10)20-4/h5-7H,1-4H3,(H,17,18). The molecule has 1 aromatic heterocycles. The summed E-state index contributed by atoms with van der Waals surface area (Å²) in [6.07, 6.45) is 0. The molecule has 2 rings (SSSR count). The summed E-state index contributed by atoms with van der Waals surface area (Å²) < 4.78 is 12.0. The van der Waals surface area contributed by atoms with E-state index >= 15 is 0 Å². The lowest BCUT2D eigenvalue weighted by molar-refractivity contribution is 0.0690. The van der Waals surface area contributed by atoms with Crippen LogP contribution in [0.25, 0.3) is 11.1 Å². The first-order valence-corrected chi connectivity index (χ1v) is 5.98. The van der Waals surface area contributed by atoms with E-state index in [-0.39, 0.29) is 5.69 Å². The van der Waals surface area contributed by atoms with Crippen molar-refractivity contribution in [3.8, 4) is 22.6 Å². The molecule has 1 heterocycles. The minimum absolute atomic E-state index is 0.00784. The van der Waals surface area contributed by atoms with Crippen LogP contribution in [0.5, 0.6) is 11.5 Å². The van der Waals surface area contributed by atoms with Crippen molar-refractivity contribution in [2.75, 3.05) is 14.2 Å². The monoisotopic (exact) mass is 276 g/mol. The smallest absolute Gasteiger partial charge is 0.357 e. The summed E-state index contributed by atoms with van der Waals surface area (Å²) in [6.45, 7) is 1.82. The van der Waals surface area contributed by atoms with Gasteiger partial charge in [0.2, 0.25) is 0 Å². The molecular formula is C14H16N2O4. The number of hydrogen-bond acceptors (Lipinski definition) is 4. The van der Waals surface area contributed by atoms with Crippen LogP contribution in [0.1, 0.15) is 16.2 Å². The molecule has 106 valence electrons. The Morgan fingerprint density at radius 3 is 2.55 bits per heavy atom. The van der Waals surface area contributed by atoms with E-state index in [4.69, 9.17) is 9.47 Å². The van der Waals surface area contributed by atoms with Gasteiger partial charge in [-0.3, -0.25) is 4.68 Å². The molecule has 0 spiro atoms. The van der Waals surface area contributed by atoms with Gasteiger partial charge in [-0.15, -0.1) is 0 Å². The topological polar surface area (TPSA) is 73.6 Å². The van der Waals surface area contributed by atoms with E-state index in [9.17, 15) is 9.90 Å². The van der Waals surface area contributed by atoms with Crippen LogP contribution in [0.15, 0.2) is 18.2 Å². The van der Waals surface area contributed by atoms with Gasteiger partial charge in [0.05, 0.1) is 14.2 Å². The summed E-state index contributed by atoms with van der Waals surface area (Å²) in [5.41, 5.74) is 2.00. The number of aromatic nitrogens is 2. The minimum atomic E-state index is -1.07. The predicted octanol–water partition coefficient (Wildman–Crippen LogP) is 2.11. The van der Waals surface area contributed by atoms with Crippen molar-refractivity contribution in [2.45, 2.75) is 6.92 Å². The Balaban J connectivity index is 2.71. The van der Waals surface area contributed by atoms with Crippen molar-refractivity contribution in [3.05, 3.63) is 29.6 Å². The zero-order valence-electron chi connectivity index (χ0n) is 11.8. The highest BCUT2D eigenvalue weighted by atomic mass is 16.5. The maximum atomic E-state index is 11.3. The fourth-order valence-corrected chi connectivity index (χ4v) is 2.09. The summed E-state index contributed by atoms with van der Waals surface area (Å²) in [5, 5.41) is 13.3. The normalized spacial score (nSPS) is 10.4. The third-order valence-electron chi connectivity index (χ3n) is 3.21. The highest BCUT2D eigenvalue weighted by Gasteiger charge is 2.23. The molecule has 0 bridgehead atoms. The molecule has 0 fully saturated rings. The molecule has 20 heavy (non-hydrogen) atoms. The molecule has 0 amide bonds. The average Bonchev–Trinajstić information content (AvgIpc) is 2.74. The third kappa shape index (κ3) is 2.20. The number of methoxy groups -OCH3 is 2. The van der Waals surface area contributed by atoms with Gasteiger partial charge in [0, 0.05) is 29.9 Å². The Hall–Kier alpha value is -2.50. The Labute approximate surface area is 116 Å². The third-order valence-corrected chi connectivity index (χ3v) is 3.21.